The van der Waals surface area contributed by atoms with E-state index >= 15 is 0 Å². The number of hydrogen-bond donors (Lipinski definition) is 3. The Balaban J connectivity index is 2.06. The molecule has 6 heteroatoms. The number of hydrogen-bond acceptors (Lipinski definition) is 5. The Morgan fingerprint density at radius 2 is 1.95 bits per heavy atom. The molecule has 0 radical (unpaired) electrons. The lowest BCUT2D eigenvalue weighted by Gasteiger charge is -2.04. The number of carbonyl (C=O) groups is 1. The molecule has 0 spiro atoms. The molecule has 0 saturated heterocycles. The lowest BCUT2D eigenvalue weighted by molar-refractivity contribution is 0.0952. The highest BCUT2D eigenvalue weighted by atomic mass is 16.5. The number of benzene rings is 2. The summed E-state index contributed by atoms with van der Waals surface area (Å²) >= 11 is 0. The van der Waals surface area contributed by atoms with E-state index in [1.54, 1.807) is 24.3 Å². The number of ether oxygens (including phenoxy) is 1. The first-order chi connectivity index (χ1) is 10.1. The normalized spacial score (nSPS) is 10.5. The molecule has 2 rings (SSSR count). The molecule has 0 aliphatic heterocycles. The summed E-state index contributed by atoms with van der Waals surface area (Å²) in [4.78, 5) is 11.8. The second-order valence-electron chi connectivity index (χ2n) is 4.15. The van der Waals surface area contributed by atoms with Gasteiger partial charge < -0.3 is 14.9 Å². The van der Waals surface area contributed by atoms with Crippen molar-refractivity contribution in [3.63, 3.8) is 0 Å². The van der Waals surface area contributed by atoms with Crippen LogP contribution in [0.25, 0.3) is 0 Å². The minimum Gasteiger partial charge on any atom is -0.507 e. The van der Waals surface area contributed by atoms with Crippen LogP contribution in [0.5, 0.6) is 17.2 Å². The van der Waals surface area contributed by atoms with Gasteiger partial charge >= 0.3 is 0 Å². The highest BCUT2D eigenvalue weighted by Crippen LogP contribution is 2.25. The molecule has 0 aromatic heterocycles. The molecule has 2 aromatic carbocycles. The standard InChI is InChI=1S/C15H14N2O4/c1-21-14-8-10(6-7-13(14)19)9-16-17-15(20)11-4-2-3-5-12(11)18/h2-9,18-19H,1H3,(H,17,20)/b16-9+. The summed E-state index contributed by atoms with van der Waals surface area (Å²) in [7, 11) is 1.44. The van der Waals surface area contributed by atoms with Crippen LogP contribution in [0, 0.1) is 0 Å². The van der Waals surface area contributed by atoms with Crippen LogP contribution in [0.4, 0.5) is 0 Å². The summed E-state index contributed by atoms with van der Waals surface area (Å²) < 4.78 is 4.97. The van der Waals surface area contributed by atoms with E-state index in [0.717, 1.165) is 0 Å². The van der Waals surface area contributed by atoms with Crippen LogP contribution in [0.2, 0.25) is 0 Å². The summed E-state index contributed by atoms with van der Waals surface area (Å²) in [6.07, 6.45) is 1.40. The minimum atomic E-state index is -0.518. The van der Waals surface area contributed by atoms with Crippen LogP contribution in [0.3, 0.4) is 0 Å². The van der Waals surface area contributed by atoms with Gasteiger partial charge in [-0.1, -0.05) is 12.1 Å². The fourth-order valence-corrected chi connectivity index (χ4v) is 1.67. The van der Waals surface area contributed by atoms with E-state index in [4.69, 9.17) is 4.74 Å². The lowest BCUT2D eigenvalue weighted by Crippen LogP contribution is -2.17. The molecule has 6 nitrogen and oxygen atoms in total. The van der Waals surface area contributed by atoms with Crippen LogP contribution in [0.1, 0.15) is 15.9 Å². The van der Waals surface area contributed by atoms with Crippen molar-refractivity contribution in [1.29, 1.82) is 0 Å². The Labute approximate surface area is 121 Å². The molecular weight excluding hydrogens is 272 g/mol. The van der Waals surface area contributed by atoms with E-state index in [1.165, 1.54) is 31.5 Å². The summed E-state index contributed by atoms with van der Waals surface area (Å²) in [5.41, 5.74) is 3.09. The molecular formula is C15H14N2O4. The monoisotopic (exact) mass is 286 g/mol. The Kier molecular flexibility index (Phi) is 4.40. The SMILES string of the molecule is COc1cc(/C=N/NC(=O)c2ccccc2O)ccc1O. The number of methoxy groups -OCH3 is 1. The van der Waals surface area contributed by atoms with Crippen LogP contribution >= 0.6 is 0 Å². The summed E-state index contributed by atoms with van der Waals surface area (Å²) in [6, 6.07) is 10.8. The predicted octanol–water partition coefficient (Wildman–Crippen LogP) is 1.87. The van der Waals surface area contributed by atoms with Gasteiger partial charge in [-0.25, -0.2) is 5.43 Å². The molecule has 0 unspecified atom stereocenters. The zero-order valence-electron chi connectivity index (χ0n) is 11.3. The lowest BCUT2D eigenvalue weighted by atomic mass is 10.2. The molecule has 108 valence electrons. The number of phenols is 2. The molecule has 0 atom stereocenters. The van der Waals surface area contributed by atoms with Crippen LogP contribution in [0.15, 0.2) is 47.6 Å². The zero-order valence-corrected chi connectivity index (χ0v) is 11.3. The minimum absolute atomic E-state index is 0.0212. The fraction of sp³-hybridized carbons (Fsp3) is 0.0667. The number of amides is 1. The third kappa shape index (κ3) is 3.50. The average Bonchev–Trinajstić information content (AvgIpc) is 2.49. The van der Waals surface area contributed by atoms with Crippen LogP contribution < -0.4 is 10.2 Å². The maximum absolute atomic E-state index is 11.8. The zero-order chi connectivity index (χ0) is 15.2. The van der Waals surface area contributed by atoms with Gasteiger partial charge in [0.2, 0.25) is 0 Å². The molecule has 0 saturated carbocycles. The topological polar surface area (TPSA) is 91.2 Å². The van der Waals surface area contributed by atoms with Crippen molar-refractivity contribution >= 4 is 12.1 Å². The van der Waals surface area contributed by atoms with Gasteiger partial charge in [0, 0.05) is 0 Å². The first-order valence-corrected chi connectivity index (χ1v) is 6.10. The Morgan fingerprint density at radius 1 is 1.19 bits per heavy atom. The number of nitrogens with zero attached hydrogens (tertiary/aromatic N) is 1. The largest absolute Gasteiger partial charge is 0.507 e. The molecule has 0 heterocycles. The predicted molar refractivity (Wildman–Crippen MR) is 77.8 cm³/mol. The van der Waals surface area contributed by atoms with Crippen molar-refractivity contribution in [2.45, 2.75) is 0 Å². The van der Waals surface area contributed by atoms with E-state index in [9.17, 15) is 15.0 Å². The number of hydrazone groups is 1. The third-order valence-corrected chi connectivity index (χ3v) is 2.73. The van der Waals surface area contributed by atoms with E-state index < -0.39 is 5.91 Å². The quantitative estimate of drug-likeness (QED) is 0.591. The highest BCUT2D eigenvalue weighted by molar-refractivity contribution is 5.97. The maximum Gasteiger partial charge on any atom is 0.275 e. The maximum atomic E-state index is 11.8. The molecule has 1 amide bonds. The van der Waals surface area contributed by atoms with Crippen molar-refractivity contribution in [3.8, 4) is 17.2 Å². The van der Waals surface area contributed by atoms with Crippen LogP contribution in [-0.2, 0) is 0 Å². The number of carbonyl (C=O) groups excluding carboxylic acids is 1. The molecule has 2 aromatic rings. The first-order valence-electron chi connectivity index (χ1n) is 6.10. The van der Waals surface area contributed by atoms with Gasteiger partial charge in [0.05, 0.1) is 18.9 Å². The van der Waals surface area contributed by atoms with Crippen molar-refractivity contribution < 1.29 is 19.7 Å². The molecule has 3 N–H and O–H groups in total. The van der Waals surface area contributed by atoms with Gasteiger partial charge in [-0.2, -0.15) is 5.10 Å². The van der Waals surface area contributed by atoms with Crippen molar-refractivity contribution in [2.24, 2.45) is 5.10 Å². The first kappa shape index (κ1) is 14.4. The Bertz CT molecular complexity index is 683. The van der Waals surface area contributed by atoms with Gasteiger partial charge in [0.15, 0.2) is 11.5 Å². The summed E-state index contributed by atoms with van der Waals surface area (Å²) in [5, 5.41) is 22.8. The smallest absolute Gasteiger partial charge is 0.275 e. The number of para-hydroxylation sites is 1. The average molecular weight is 286 g/mol. The van der Waals surface area contributed by atoms with Gasteiger partial charge in [-0.15, -0.1) is 0 Å². The van der Waals surface area contributed by atoms with Crippen molar-refractivity contribution in [1.82, 2.24) is 5.43 Å². The van der Waals surface area contributed by atoms with Gasteiger partial charge in [0.1, 0.15) is 5.75 Å². The van der Waals surface area contributed by atoms with E-state index in [-0.39, 0.29) is 17.1 Å². The number of aromatic hydroxyl groups is 2. The molecule has 0 aliphatic rings. The van der Waals surface area contributed by atoms with Gasteiger partial charge in [-0.05, 0) is 35.9 Å². The Hall–Kier alpha value is -3.02. The van der Waals surface area contributed by atoms with E-state index in [0.29, 0.717) is 11.3 Å². The second kappa shape index (κ2) is 6.42. The number of rotatable bonds is 4. The second-order valence-corrected chi connectivity index (χ2v) is 4.15. The number of nitrogens with one attached hydrogen (secondary N) is 1. The molecule has 0 fully saturated rings. The van der Waals surface area contributed by atoms with Crippen molar-refractivity contribution in [3.05, 3.63) is 53.6 Å². The van der Waals surface area contributed by atoms with E-state index in [2.05, 4.69) is 10.5 Å². The van der Waals surface area contributed by atoms with E-state index in [1.807, 2.05) is 0 Å². The van der Waals surface area contributed by atoms with Gasteiger partial charge in [0.25, 0.3) is 5.91 Å². The fourth-order valence-electron chi connectivity index (χ4n) is 1.67. The Morgan fingerprint density at radius 3 is 2.67 bits per heavy atom. The number of phenolic OH excluding ortho intramolecular Hbond substituents is 2. The summed E-state index contributed by atoms with van der Waals surface area (Å²) in [5.74, 6) is -0.300. The molecule has 0 bridgehead atoms. The molecule has 0 aliphatic carbocycles. The van der Waals surface area contributed by atoms with Crippen molar-refractivity contribution in [2.75, 3.05) is 7.11 Å². The third-order valence-electron chi connectivity index (χ3n) is 2.73. The summed E-state index contributed by atoms with van der Waals surface area (Å²) in [6.45, 7) is 0. The molecule has 21 heavy (non-hydrogen) atoms. The van der Waals surface area contributed by atoms with Gasteiger partial charge in [-0.3, -0.25) is 4.79 Å². The highest BCUT2D eigenvalue weighted by Gasteiger charge is 2.08. The van der Waals surface area contributed by atoms with Crippen LogP contribution in [-0.4, -0.2) is 29.4 Å².